The van der Waals surface area contributed by atoms with Gasteiger partial charge in [-0.2, -0.15) is 0 Å². The average molecular weight is 377 g/mol. The molecule has 0 spiro atoms. The van der Waals surface area contributed by atoms with Crippen molar-refractivity contribution >= 4 is 24.3 Å². The number of amides is 1. The van der Waals surface area contributed by atoms with Gasteiger partial charge in [-0.15, -0.1) is 12.4 Å². The van der Waals surface area contributed by atoms with Crippen molar-refractivity contribution in [2.45, 2.75) is 19.5 Å². The second kappa shape index (κ2) is 10.6. The lowest BCUT2D eigenvalue weighted by atomic mass is 10.1. The lowest BCUT2D eigenvalue weighted by Gasteiger charge is -2.20. The Morgan fingerprint density at radius 1 is 1.12 bits per heavy atom. The second-order valence-electron chi connectivity index (χ2n) is 5.23. The van der Waals surface area contributed by atoms with E-state index in [2.05, 4.69) is 5.32 Å². The Balaban J connectivity index is 0.00000576. The van der Waals surface area contributed by atoms with Crippen molar-refractivity contribution in [3.8, 4) is 17.2 Å². The van der Waals surface area contributed by atoms with Gasteiger partial charge in [0, 0.05) is 18.2 Å². The van der Waals surface area contributed by atoms with Crippen molar-refractivity contribution in [1.82, 2.24) is 10.2 Å². The summed E-state index contributed by atoms with van der Waals surface area (Å²) >= 11 is 0. The number of aliphatic carboxylic acids is 1. The van der Waals surface area contributed by atoms with Gasteiger partial charge < -0.3 is 24.6 Å². The van der Waals surface area contributed by atoms with Crippen LogP contribution in [0.5, 0.6) is 17.2 Å². The number of benzene rings is 1. The van der Waals surface area contributed by atoms with Crippen LogP contribution in [-0.2, 0) is 16.1 Å². The Morgan fingerprint density at radius 3 is 2.12 bits per heavy atom. The number of ether oxygens (including phenoxy) is 3. The molecule has 0 aliphatic rings. The predicted octanol–water partition coefficient (Wildman–Crippen LogP) is 1.16. The largest absolute Gasteiger partial charge is 0.496 e. The molecule has 0 saturated carbocycles. The van der Waals surface area contributed by atoms with E-state index in [4.69, 9.17) is 19.3 Å². The number of carboxylic acid groups (broad SMARTS) is 1. The van der Waals surface area contributed by atoms with Crippen molar-refractivity contribution < 1.29 is 28.9 Å². The topological polar surface area (TPSA) is 97.3 Å². The van der Waals surface area contributed by atoms with E-state index >= 15 is 0 Å². The molecule has 0 bridgehead atoms. The number of likely N-dealkylation sites (N-methyl/N-ethyl adjacent to an activating group) is 1. The number of rotatable bonds is 9. The molecule has 1 aromatic rings. The van der Waals surface area contributed by atoms with E-state index in [1.54, 1.807) is 19.2 Å². The fraction of sp³-hybridized carbons (Fsp3) is 0.500. The minimum atomic E-state index is -0.980. The van der Waals surface area contributed by atoms with Gasteiger partial charge in [0.1, 0.15) is 11.8 Å². The quantitative estimate of drug-likeness (QED) is 0.667. The summed E-state index contributed by atoms with van der Waals surface area (Å²) in [6.07, 6.45) is 0. The molecule has 1 amide bonds. The first kappa shape index (κ1) is 22.8. The van der Waals surface area contributed by atoms with Crippen molar-refractivity contribution in [3.63, 3.8) is 0 Å². The highest BCUT2D eigenvalue weighted by Crippen LogP contribution is 2.34. The maximum Gasteiger partial charge on any atom is 0.320 e. The molecule has 0 aliphatic carbocycles. The van der Waals surface area contributed by atoms with Gasteiger partial charge in [0.15, 0.2) is 11.5 Å². The van der Waals surface area contributed by atoms with Gasteiger partial charge in [0.25, 0.3) is 0 Å². The zero-order valence-electron chi connectivity index (χ0n) is 15.0. The van der Waals surface area contributed by atoms with Gasteiger partial charge >= 0.3 is 5.97 Å². The highest BCUT2D eigenvalue weighted by Gasteiger charge is 2.19. The molecule has 25 heavy (non-hydrogen) atoms. The Kier molecular flexibility index (Phi) is 9.70. The Bertz CT molecular complexity index is 596. The number of carbonyl (C=O) groups is 2. The summed E-state index contributed by atoms with van der Waals surface area (Å²) in [7, 11) is 6.15. The van der Waals surface area contributed by atoms with E-state index in [-0.39, 0.29) is 31.4 Å². The average Bonchev–Trinajstić information content (AvgIpc) is 2.57. The number of hydrogen-bond acceptors (Lipinski definition) is 6. The first-order valence-electron chi connectivity index (χ1n) is 7.32. The van der Waals surface area contributed by atoms with E-state index in [1.807, 2.05) is 0 Å². The minimum absolute atomic E-state index is 0. The molecule has 0 saturated heterocycles. The molecule has 1 unspecified atom stereocenters. The van der Waals surface area contributed by atoms with Crippen LogP contribution < -0.4 is 19.5 Å². The van der Waals surface area contributed by atoms with E-state index < -0.39 is 12.0 Å². The molecular weight excluding hydrogens is 352 g/mol. The van der Waals surface area contributed by atoms with Gasteiger partial charge in [0.05, 0.1) is 27.9 Å². The lowest BCUT2D eigenvalue weighted by molar-refractivity contribution is -0.142. The summed E-state index contributed by atoms with van der Waals surface area (Å²) in [5.41, 5.74) is 0.720. The van der Waals surface area contributed by atoms with E-state index in [0.29, 0.717) is 17.2 Å². The first-order valence-corrected chi connectivity index (χ1v) is 7.32. The molecule has 0 radical (unpaired) electrons. The van der Waals surface area contributed by atoms with Crippen molar-refractivity contribution in [2.75, 3.05) is 34.9 Å². The molecule has 0 fully saturated rings. The molecular formula is C16H25ClN2O6. The zero-order valence-corrected chi connectivity index (χ0v) is 15.8. The van der Waals surface area contributed by atoms with Crippen LogP contribution in [0.4, 0.5) is 0 Å². The zero-order chi connectivity index (χ0) is 18.3. The molecule has 1 atom stereocenters. The van der Waals surface area contributed by atoms with Crippen molar-refractivity contribution in [2.24, 2.45) is 0 Å². The monoisotopic (exact) mass is 376 g/mol. The summed E-state index contributed by atoms with van der Waals surface area (Å²) in [6.45, 7) is 1.72. The van der Waals surface area contributed by atoms with E-state index in [1.165, 1.54) is 33.2 Å². The fourth-order valence-electron chi connectivity index (χ4n) is 2.03. The molecule has 8 nitrogen and oxygen atoms in total. The lowest BCUT2D eigenvalue weighted by Crippen LogP contribution is -2.42. The Labute approximate surface area is 153 Å². The maximum atomic E-state index is 12.0. The summed E-state index contributed by atoms with van der Waals surface area (Å²) in [5.74, 6) is 0.341. The molecule has 9 heteroatoms. The van der Waals surface area contributed by atoms with Crippen LogP contribution in [0.2, 0.25) is 0 Å². The summed E-state index contributed by atoms with van der Waals surface area (Å²) in [4.78, 5) is 24.3. The van der Waals surface area contributed by atoms with Crippen LogP contribution in [0.3, 0.4) is 0 Å². The molecule has 2 N–H and O–H groups in total. The van der Waals surface area contributed by atoms with Crippen LogP contribution in [0, 0.1) is 0 Å². The molecule has 0 aliphatic heterocycles. The normalized spacial score (nSPS) is 11.3. The number of hydrogen-bond donors (Lipinski definition) is 2. The third-order valence-corrected chi connectivity index (χ3v) is 3.67. The van der Waals surface area contributed by atoms with Gasteiger partial charge in [-0.3, -0.25) is 14.5 Å². The number of methoxy groups -OCH3 is 3. The van der Waals surface area contributed by atoms with Gasteiger partial charge in [-0.05, 0) is 20.0 Å². The van der Waals surface area contributed by atoms with Crippen molar-refractivity contribution in [1.29, 1.82) is 0 Å². The minimum Gasteiger partial charge on any atom is -0.496 e. The van der Waals surface area contributed by atoms with Crippen LogP contribution in [0.15, 0.2) is 12.1 Å². The van der Waals surface area contributed by atoms with Gasteiger partial charge in [-0.1, -0.05) is 0 Å². The SMILES string of the molecule is COc1cc(OC)c(OC)cc1CNC(=O)CN(C)C(C)C(=O)O.Cl. The predicted molar refractivity (Wildman–Crippen MR) is 94.9 cm³/mol. The number of nitrogens with zero attached hydrogens (tertiary/aromatic N) is 1. The smallest absolute Gasteiger partial charge is 0.320 e. The van der Waals surface area contributed by atoms with E-state index in [9.17, 15) is 9.59 Å². The van der Waals surface area contributed by atoms with E-state index in [0.717, 1.165) is 5.56 Å². The number of carbonyl (C=O) groups excluding carboxylic acids is 1. The highest BCUT2D eigenvalue weighted by molar-refractivity contribution is 5.85. The highest BCUT2D eigenvalue weighted by atomic mass is 35.5. The fourth-order valence-corrected chi connectivity index (χ4v) is 2.03. The Hall–Kier alpha value is -2.19. The maximum absolute atomic E-state index is 12.0. The molecule has 0 aromatic heterocycles. The van der Waals surface area contributed by atoms with Crippen LogP contribution in [0.25, 0.3) is 0 Å². The summed E-state index contributed by atoms with van der Waals surface area (Å²) < 4.78 is 15.7. The number of carboxylic acids is 1. The third-order valence-electron chi connectivity index (χ3n) is 3.67. The van der Waals surface area contributed by atoms with Crippen LogP contribution in [-0.4, -0.2) is 62.8 Å². The first-order chi connectivity index (χ1) is 11.3. The molecule has 142 valence electrons. The van der Waals surface area contributed by atoms with Crippen molar-refractivity contribution in [3.05, 3.63) is 17.7 Å². The Morgan fingerprint density at radius 2 is 1.64 bits per heavy atom. The van der Waals surface area contributed by atoms with Gasteiger partial charge in [-0.25, -0.2) is 0 Å². The summed E-state index contributed by atoms with van der Waals surface area (Å²) in [6, 6.07) is 2.66. The third kappa shape index (κ3) is 6.32. The second-order valence-corrected chi connectivity index (χ2v) is 5.23. The molecule has 0 heterocycles. The van der Waals surface area contributed by atoms with Crippen LogP contribution in [0.1, 0.15) is 12.5 Å². The summed E-state index contributed by atoms with van der Waals surface area (Å²) in [5, 5.41) is 11.7. The van der Waals surface area contributed by atoms with Gasteiger partial charge in [0.2, 0.25) is 5.91 Å². The van der Waals surface area contributed by atoms with Crippen LogP contribution >= 0.6 is 12.4 Å². The standard InChI is InChI=1S/C16H24N2O6.ClH/c1-10(16(20)21)18(2)9-15(19)17-8-11-6-13(23-4)14(24-5)7-12(11)22-3;/h6-7,10H,8-9H2,1-5H3,(H,17,19)(H,20,21);1H. The number of nitrogens with one attached hydrogen (secondary N) is 1. The number of halogens is 1. The molecule has 1 rings (SSSR count). The molecule has 1 aromatic carbocycles.